The summed E-state index contributed by atoms with van der Waals surface area (Å²) in [6.07, 6.45) is -0.507. The summed E-state index contributed by atoms with van der Waals surface area (Å²) in [6.45, 7) is 3.18. The lowest BCUT2D eigenvalue weighted by molar-refractivity contribution is 0.174. The fraction of sp³-hybridized carbons (Fsp3) is 0.211. The van der Waals surface area contributed by atoms with Crippen LogP contribution in [0.1, 0.15) is 22.9 Å². The zero-order valence-electron chi connectivity index (χ0n) is 13.2. The summed E-state index contributed by atoms with van der Waals surface area (Å²) >= 11 is 0. The van der Waals surface area contributed by atoms with Crippen LogP contribution in [0.5, 0.6) is 0 Å². The van der Waals surface area contributed by atoms with E-state index in [0.717, 1.165) is 22.5 Å². The molecule has 3 N–H and O–H groups in total. The number of benzene rings is 2. The number of hydrogen-bond acceptors (Lipinski definition) is 3. The number of aliphatic hydroxyl groups excluding tert-OH is 1. The Morgan fingerprint density at radius 3 is 2.57 bits per heavy atom. The van der Waals surface area contributed by atoms with Gasteiger partial charge < -0.3 is 10.4 Å². The Labute approximate surface area is 136 Å². The molecular weight excluding hydrogens is 286 g/mol. The first-order chi connectivity index (χ1) is 11.2. The molecule has 0 radical (unpaired) electrons. The van der Waals surface area contributed by atoms with E-state index >= 15 is 0 Å². The molecule has 3 rings (SSSR count). The first-order valence-electron chi connectivity index (χ1n) is 7.77. The van der Waals surface area contributed by atoms with Crippen molar-refractivity contribution in [3.63, 3.8) is 0 Å². The molecule has 2 aromatic carbocycles. The maximum absolute atomic E-state index is 10.2. The molecule has 0 bridgehead atoms. The van der Waals surface area contributed by atoms with Gasteiger partial charge in [-0.05, 0) is 18.6 Å². The topological polar surface area (TPSA) is 60.9 Å². The van der Waals surface area contributed by atoms with Crippen LogP contribution in [0.25, 0.3) is 11.3 Å². The van der Waals surface area contributed by atoms with Gasteiger partial charge in [0.2, 0.25) is 0 Å². The molecule has 4 heteroatoms. The molecule has 0 amide bonds. The number of H-pyrrole nitrogens is 1. The highest BCUT2D eigenvalue weighted by atomic mass is 16.3. The zero-order chi connectivity index (χ0) is 16.1. The van der Waals surface area contributed by atoms with E-state index in [1.807, 2.05) is 67.6 Å². The standard InChI is InChI=1S/C19H21N3O/c1-14-7-9-16(10-8-14)19(23)13-20-12-17-11-18(22-21-17)15-5-3-2-4-6-15/h2-11,19-20,23H,12-13H2,1H3,(H,21,22). The van der Waals surface area contributed by atoms with E-state index < -0.39 is 6.10 Å². The van der Waals surface area contributed by atoms with Crippen molar-refractivity contribution in [1.29, 1.82) is 0 Å². The summed E-state index contributed by atoms with van der Waals surface area (Å²) in [7, 11) is 0. The molecule has 0 aliphatic heterocycles. The molecule has 0 aliphatic rings. The van der Waals surface area contributed by atoms with Gasteiger partial charge in [0.05, 0.1) is 11.8 Å². The summed E-state index contributed by atoms with van der Waals surface area (Å²) < 4.78 is 0. The van der Waals surface area contributed by atoms with E-state index in [-0.39, 0.29) is 0 Å². The van der Waals surface area contributed by atoms with Crippen LogP contribution >= 0.6 is 0 Å². The van der Waals surface area contributed by atoms with E-state index in [2.05, 4.69) is 15.5 Å². The van der Waals surface area contributed by atoms with Gasteiger partial charge in [0.1, 0.15) is 0 Å². The van der Waals surface area contributed by atoms with Crippen LogP contribution in [0.2, 0.25) is 0 Å². The van der Waals surface area contributed by atoms with Crippen molar-refractivity contribution in [1.82, 2.24) is 15.5 Å². The summed E-state index contributed by atoms with van der Waals surface area (Å²) in [5.41, 5.74) is 5.15. The van der Waals surface area contributed by atoms with Gasteiger partial charge in [-0.2, -0.15) is 5.10 Å². The molecule has 0 saturated carbocycles. The quantitative estimate of drug-likeness (QED) is 0.655. The lowest BCUT2D eigenvalue weighted by Gasteiger charge is -2.12. The van der Waals surface area contributed by atoms with E-state index in [4.69, 9.17) is 0 Å². The SMILES string of the molecule is Cc1ccc(C(O)CNCc2cc(-c3ccccc3)n[nH]2)cc1. The Bertz CT molecular complexity index is 735. The lowest BCUT2D eigenvalue weighted by atomic mass is 10.1. The van der Waals surface area contributed by atoms with E-state index in [0.29, 0.717) is 13.1 Å². The third kappa shape index (κ3) is 4.06. The first kappa shape index (κ1) is 15.5. The molecule has 0 saturated heterocycles. The smallest absolute Gasteiger partial charge is 0.0924 e. The van der Waals surface area contributed by atoms with Crippen LogP contribution in [-0.2, 0) is 6.54 Å². The van der Waals surface area contributed by atoms with Crippen molar-refractivity contribution in [2.75, 3.05) is 6.54 Å². The highest BCUT2D eigenvalue weighted by Crippen LogP contribution is 2.17. The van der Waals surface area contributed by atoms with Crippen molar-refractivity contribution in [2.45, 2.75) is 19.6 Å². The number of nitrogens with one attached hydrogen (secondary N) is 2. The number of aromatic amines is 1. The average Bonchev–Trinajstić information content (AvgIpc) is 3.05. The van der Waals surface area contributed by atoms with Gasteiger partial charge in [-0.15, -0.1) is 0 Å². The minimum Gasteiger partial charge on any atom is -0.387 e. The zero-order valence-corrected chi connectivity index (χ0v) is 13.2. The van der Waals surface area contributed by atoms with E-state index in [1.54, 1.807) is 0 Å². The highest BCUT2D eigenvalue weighted by molar-refractivity contribution is 5.58. The van der Waals surface area contributed by atoms with Gasteiger partial charge in [-0.1, -0.05) is 60.2 Å². The minimum absolute atomic E-state index is 0.503. The van der Waals surface area contributed by atoms with Gasteiger partial charge in [0.15, 0.2) is 0 Å². The predicted molar refractivity (Wildman–Crippen MR) is 91.9 cm³/mol. The summed E-state index contributed by atoms with van der Waals surface area (Å²) in [4.78, 5) is 0. The van der Waals surface area contributed by atoms with Gasteiger partial charge in [0.25, 0.3) is 0 Å². The highest BCUT2D eigenvalue weighted by Gasteiger charge is 2.08. The molecule has 0 fully saturated rings. The normalized spacial score (nSPS) is 12.3. The van der Waals surface area contributed by atoms with Gasteiger partial charge in [-0.25, -0.2) is 0 Å². The van der Waals surface area contributed by atoms with Crippen LogP contribution in [0.3, 0.4) is 0 Å². The third-order valence-electron chi connectivity index (χ3n) is 3.82. The fourth-order valence-corrected chi connectivity index (χ4v) is 2.46. The Hall–Kier alpha value is -2.43. The molecule has 1 aromatic heterocycles. The monoisotopic (exact) mass is 307 g/mol. The van der Waals surface area contributed by atoms with Crippen LogP contribution in [0.15, 0.2) is 60.7 Å². The van der Waals surface area contributed by atoms with Crippen molar-refractivity contribution in [3.05, 3.63) is 77.5 Å². The fourth-order valence-electron chi connectivity index (χ4n) is 2.46. The Morgan fingerprint density at radius 1 is 1.09 bits per heavy atom. The molecular formula is C19H21N3O. The number of hydrogen-bond donors (Lipinski definition) is 3. The molecule has 1 atom stereocenters. The molecule has 4 nitrogen and oxygen atoms in total. The van der Waals surface area contributed by atoms with Gasteiger partial charge in [0, 0.05) is 24.3 Å². The molecule has 0 aliphatic carbocycles. The largest absolute Gasteiger partial charge is 0.387 e. The van der Waals surface area contributed by atoms with Crippen molar-refractivity contribution < 1.29 is 5.11 Å². The average molecular weight is 307 g/mol. The van der Waals surface area contributed by atoms with Crippen LogP contribution in [-0.4, -0.2) is 21.8 Å². The number of aliphatic hydroxyl groups is 1. The Morgan fingerprint density at radius 2 is 1.83 bits per heavy atom. The number of rotatable bonds is 6. The summed E-state index contributed by atoms with van der Waals surface area (Å²) in [5, 5.41) is 20.8. The van der Waals surface area contributed by atoms with Crippen LogP contribution in [0, 0.1) is 6.92 Å². The van der Waals surface area contributed by atoms with Crippen molar-refractivity contribution in [2.24, 2.45) is 0 Å². The van der Waals surface area contributed by atoms with Crippen LogP contribution in [0.4, 0.5) is 0 Å². The van der Waals surface area contributed by atoms with Gasteiger partial charge in [-0.3, -0.25) is 5.10 Å². The minimum atomic E-state index is -0.507. The van der Waals surface area contributed by atoms with Crippen LogP contribution < -0.4 is 5.32 Å². The maximum Gasteiger partial charge on any atom is 0.0924 e. The maximum atomic E-state index is 10.2. The predicted octanol–water partition coefficient (Wildman–Crippen LogP) is 3.21. The molecule has 1 heterocycles. The molecule has 0 spiro atoms. The number of aryl methyl sites for hydroxylation is 1. The Kier molecular flexibility index (Phi) is 4.86. The summed E-state index contributed by atoms with van der Waals surface area (Å²) in [6, 6.07) is 20.0. The van der Waals surface area contributed by atoms with Crippen molar-refractivity contribution in [3.8, 4) is 11.3 Å². The Balaban J connectivity index is 1.53. The molecule has 118 valence electrons. The van der Waals surface area contributed by atoms with E-state index in [1.165, 1.54) is 5.56 Å². The molecule has 23 heavy (non-hydrogen) atoms. The van der Waals surface area contributed by atoms with Gasteiger partial charge >= 0.3 is 0 Å². The third-order valence-corrected chi connectivity index (χ3v) is 3.82. The van der Waals surface area contributed by atoms with E-state index in [9.17, 15) is 5.11 Å². The number of aromatic nitrogens is 2. The molecule has 1 unspecified atom stereocenters. The first-order valence-corrected chi connectivity index (χ1v) is 7.77. The second kappa shape index (κ2) is 7.22. The van der Waals surface area contributed by atoms with Crippen molar-refractivity contribution >= 4 is 0 Å². The second-order valence-electron chi connectivity index (χ2n) is 5.70. The number of nitrogens with zero attached hydrogens (tertiary/aromatic N) is 1. The molecule has 3 aromatic rings. The lowest BCUT2D eigenvalue weighted by Crippen LogP contribution is -2.21. The summed E-state index contributed by atoms with van der Waals surface area (Å²) in [5.74, 6) is 0. The second-order valence-corrected chi connectivity index (χ2v) is 5.70.